The zero-order valence-electron chi connectivity index (χ0n) is 10.4. The van der Waals surface area contributed by atoms with Crippen LogP contribution < -0.4 is 5.32 Å². The van der Waals surface area contributed by atoms with Gasteiger partial charge in [0.1, 0.15) is 5.82 Å². The summed E-state index contributed by atoms with van der Waals surface area (Å²) in [7, 11) is 0. The molecule has 2 heterocycles. The number of rotatable bonds is 4. The molecule has 19 heavy (non-hydrogen) atoms. The third kappa shape index (κ3) is 4.33. The molecule has 0 aromatic carbocycles. The number of amides is 1. The molecule has 1 aliphatic heterocycles. The topological polar surface area (TPSA) is 54.5 Å². The van der Waals surface area contributed by atoms with Crippen LogP contribution in [0.1, 0.15) is 6.42 Å². The Kier molecular flexibility index (Phi) is 5.42. The molecule has 5 nitrogen and oxygen atoms in total. The summed E-state index contributed by atoms with van der Waals surface area (Å²) in [6, 6.07) is 1.76. The van der Waals surface area contributed by atoms with Crippen LogP contribution in [0.3, 0.4) is 0 Å². The van der Waals surface area contributed by atoms with E-state index < -0.39 is 0 Å². The van der Waals surface area contributed by atoms with Crippen molar-refractivity contribution in [3.63, 3.8) is 0 Å². The molecule has 0 atom stereocenters. The van der Waals surface area contributed by atoms with Crippen LogP contribution in [-0.2, 0) is 9.53 Å². The molecule has 7 heteroatoms. The van der Waals surface area contributed by atoms with E-state index in [1.165, 1.54) is 0 Å². The maximum atomic E-state index is 11.9. The fourth-order valence-electron chi connectivity index (χ4n) is 1.80. The van der Waals surface area contributed by atoms with Crippen molar-refractivity contribution < 1.29 is 9.53 Å². The van der Waals surface area contributed by atoms with E-state index in [0.717, 1.165) is 4.47 Å². The van der Waals surface area contributed by atoms with E-state index in [9.17, 15) is 4.79 Å². The van der Waals surface area contributed by atoms with Gasteiger partial charge in [0.05, 0.1) is 18.2 Å². The monoisotopic (exact) mass is 347 g/mol. The first-order valence-corrected chi connectivity index (χ1v) is 7.24. The highest BCUT2D eigenvalue weighted by atomic mass is 79.9. The predicted molar refractivity (Wildman–Crippen MR) is 77.5 cm³/mol. The number of hydrogen-bond donors (Lipinski definition) is 1. The zero-order chi connectivity index (χ0) is 13.7. The van der Waals surface area contributed by atoms with Gasteiger partial charge < -0.3 is 15.0 Å². The molecule has 1 N–H and O–H groups in total. The second-order valence-corrected chi connectivity index (χ2v) is 5.48. The van der Waals surface area contributed by atoms with Crippen molar-refractivity contribution >= 4 is 39.3 Å². The summed E-state index contributed by atoms with van der Waals surface area (Å²) in [5.41, 5.74) is 0. The molecule has 0 bridgehead atoms. The molecular formula is C12H15BrClN3O2. The Morgan fingerprint density at radius 3 is 2.95 bits per heavy atom. The maximum absolute atomic E-state index is 11.9. The van der Waals surface area contributed by atoms with Gasteiger partial charge in [-0.1, -0.05) is 11.6 Å². The molecule has 1 aliphatic rings. The van der Waals surface area contributed by atoms with Crippen LogP contribution in [0.15, 0.2) is 16.7 Å². The lowest BCUT2D eigenvalue weighted by atomic mass is 10.3. The number of nitrogens with zero attached hydrogens (tertiary/aromatic N) is 2. The highest BCUT2D eigenvalue weighted by molar-refractivity contribution is 9.10. The van der Waals surface area contributed by atoms with Crippen molar-refractivity contribution in [2.45, 2.75) is 6.42 Å². The van der Waals surface area contributed by atoms with Crippen LogP contribution in [0.5, 0.6) is 0 Å². The maximum Gasteiger partial charge on any atom is 0.224 e. The number of aromatic nitrogens is 1. The number of nitrogens with one attached hydrogen (secondary N) is 1. The summed E-state index contributed by atoms with van der Waals surface area (Å²) in [6.07, 6.45) is 2.09. The number of anilines is 1. The minimum atomic E-state index is 0.129. The minimum Gasteiger partial charge on any atom is -0.378 e. The molecule has 1 fully saturated rings. The van der Waals surface area contributed by atoms with Crippen molar-refractivity contribution in [3.05, 3.63) is 21.8 Å². The lowest BCUT2D eigenvalue weighted by Gasteiger charge is -2.26. The molecule has 1 amide bonds. The third-order valence-electron chi connectivity index (χ3n) is 2.80. The van der Waals surface area contributed by atoms with Crippen molar-refractivity contribution in [3.8, 4) is 0 Å². The summed E-state index contributed by atoms with van der Waals surface area (Å²) >= 11 is 9.32. The average molecular weight is 349 g/mol. The number of pyridine rings is 1. The van der Waals surface area contributed by atoms with Crippen LogP contribution in [0.4, 0.5) is 5.82 Å². The predicted octanol–water partition coefficient (Wildman–Crippen LogP) is 2.16. The van der Waals surface area contributed by atoms with E-state index in [1.807, 2.05) is 4.90 Å². The first-order chi connectivity index (χ1) is 9.16. The molecule has 2 rings (SSSR count). The van der Waals surface area contributed by atoms with Gasteiger partial charge in [0.25, 0.3) is 0 Å². The normalized spacial score (nSPS) is 15.4. The Hall–Kier alpha value is -0.850. The lowest BCUT2D eigenvalue weighted by Crippen LogP contribution is -2.41. The average Bonchev–Trinajstić information content (AvgIpc) is 2.42. The molecule has 1 saturated heterocycles. The number of halogens is 2. The highest BCUT2D eigenvalue weighted by Gasteiger charge is 2.16. The van der Waals surface area contributed by atoms with Crippen LogP contribution in [-0.4, -0.2) is 48.6 Å². The molecule has 0 saturated carbocycles. The van der Waals surface area contributed by atoms with Gasteiger partial charge in [-0.05, 0) is 22.0 Å². The molecular weight excluding hydrogens is 334 g/mol. The molecule has 104 valence electrons. The number of carbonyl (C=O) groups is 1. The lowest BCUT2D eigenvalue weighted by molar-refractivity contribution is -0.134. The van der Waals surface area contributed by atoms with Gasteiger partial charge in [0.2, 0.25) is 5.91 Å². The fourth-order valence-corrected chi connectivity index (χ4v) is 2.50. The van der Waals surface area contributed by atoms with Crippen LogP contribution >= 0.6 is 27.5 Å². The summed E-state index contributed by atoms with van der Waals surface area (Å²) < 4.78 is 6.04. The quantitative estimate of drug-likeness (QED) is 0.906. The molecule has 0 unspecified atom stereocenters. The van der Waals surface area contributed by atoms with Gasteiger partial charge in [-0.3, -0.25) is 4.79 Å². The molecule has 0 radical (unpaired) electrons. The van der Waals surface area contributed by atoms with Gasteiger partial charge in [-0.2, -0.15) is 0 Å². The standard InChI is InChI=1S/C12H15BrClN3O2/c13-9-7-10(14)12(16-8-9)15-2-1-11(18)17-3-5-19-6-4-17/h7-8H,1-6H2,(H,15,16). The largest absolute Gasteiger partial charge is 0.378 e. The van der Waals surface area contributed by atoms with Crippen molar-refractivity contribution in [2.24, 2.45) is 0 Å². The van der Waals surface area contributed by atoms with E-state index in [4.69, 9.17) is 16.3 Å². The zero-order valence-corrected chi connectivity index (χ0v) is 12.7. The van der Waals surface area contributed by atoms with E-state index in [2.05, 4.69) is 26.2 Å². The number of hydrogen-bond acceptors (Lipinski definition) is 4. The van der Waals surface area contributed by atoms with Gasteiger partial charge in [-0.25, -0.2) is 4.98 Å². The van der Waals surface area contributed by atoms with Gasteiger partial charge >= 0.3 is 0 Å². The smallest absolute Gasteiger partial charge is 0.224 e. The van der Waals surface area contributed by atoms with Crippen LogP contribution in [0, 0.1) is 0 Å². The molecule has 1 aromatic rings. The summed E-state index contributed by atoms with van der Waals surface area (Å²) in [4.78, 5) is 17.9. The number of ether oxygens (including phenoxy) is 1. The minimum absolute atomic E-state index is 0.129. The van der Waals surface area contributed by atoms with E-state index in [1.54, 1.807) is 12.3 Å². The Morgan fingerprint density at radius 1 is 1.53 bits per heavy atom. The first kappa shape index (κ1) is 14.6. The third-order valence-corrected chi connectivity index (χ3v) is 3.52. The number of morpholine rings is 1. The van der Waals surface area contributed by atoms with E-state index in [0.29, 0.717) is 50.1 Å². The van der Waals surface area contributed by atoms with Crippen molar-refractivity contribution in [2.75, 3.05) is 38.2 Å². The fraction of sp³-hybridized carbons (Fsp3) is 0.500. The first-order valence-electron chi connectivity index (χ1n) is 6.07. The van der Waals surface area contributed by atoms with E-state index in [-0.39, 0.29) is 5.91 Å². The molecule has 0 spiro atoms. The Morgan fingerprint density at radius 2 is 2.26 bits per heavy atom. The Labute approximate surface area is 125 Å². The van der Waals surface area contributed by atoms with Crippen LogP contribution in [0.2, 0.25) is 5.02 Å². The molecule has 0 aliphatic carbocycles. The highest BCUT2D eigenvalue weighted by Crippen LogP contribution is 2.22. The van der Waals surface area contributed by atoms with Gasteiger partial charge in [-0.15, -0.1) is 0 Å². The summed E-state index contributed by atoms with van der Waals surface area (Å²) in [6.45, 7) is 3.12. The summed E-state index contributed by atoms with van der Waals surface area (Å²) in [5.74, 6) is 0.726. The second kappa shape index (κ2) is 7.07. The van der Waals surface area contributed by atoms with Gasteiger partial charge in [0.15, 0.2) is 0 Å². The molecule has 1 aromatic heterocycles. The van der Waals surface area contributed by atoms with Crippen LogP contribution in [0.25, 0.3) is 0 Å². The summed E-state index contributed by atoms with van der Waals surface area (Å²) in [5, 5.41) is 3.60. The van der Waals surface area contributed by atoms with Gasteiger partial charge in [0, 0.05) is 36.7 Å². The van der Waals surface area contributed by atoms with Crippen molar-refractivity contribution in [1.82, 2.24) is 9.88 Å². The van der Waals surface area contributed by atoms with Crippen molar-refractivity contribution in [1.29, 1.82) is 0 Å². The van der Waals surface area contributed by atoms with E-state index >= 15 is 0 Å². The Bertz CT molecular complexity index is 453. The second-order valence-electron chi connectivity index (χ2n) is 4.15. The number of carbonyl (C=O) groups excluding carboxylic acids is 1. The Balaban J connectivity index is 1.78. The SMILES string of the molecule is O=C(CCNc1ncc(Br)cc1Cl)N1CCOCC1.